The van der Waals surface area contributed by atoms with Crippen LogP contribution in [0.3, 0.4) is 0 Å². The molecule has 0 unspecified atom stereocenters. The van der Waals surface area contributed by atoms with Crippen molar-refractivity contribution < 1.29 is 14.3 Å². The van der Waals surface area contributed by atoms with Gasteiger partial charge in [-0.15, -0.1) is 0 Å². The lowest BCUT2D eigenvalue weighted by molar-refractivity contribution is 0.0494. The van der Waals surface area contributed by atoms with Gasteiger partial charge >= 0.3 is 6.16 Å². The second kappa shape index (κ2) is 6.70. The van der Waals surface area contributed by atoms with E-state index in [1.165, 1.54) is 7.11 Å². The van der Waals surface area contributed by atoms with Crippen LogP contribution in [0.2, 0.25) is 0 Å². The molecule has 0 aromatic rings. The van der Waals surface area contributed by atoms with Crippen LogP contribution in [0.25, 0.3) is 0 Å². The van der Waals surface area contributed by atoms with Crippen LogP contribution in [0.1, 0.15) is 26.2 Å². The van der Waals surface area contributed by atoms with E-state index in [2.05, 4.69) is 18.2 Å². The minimum absolute atomic E-state index is 0.211. The highest BCUT2D eigenvalue weighted by Gasteiger charge is 2.09. The molecular formula is C9H16O3. The van der Waals surface area contributed by atoms with Crippen LogP contribution in [0.15, 0.2) is 12.7 Å². The molecule has 0 rings (SSSR count). The first kappa shape index (κ1) is 11.0. The quantitative estimate of drug-likeness (QED) is 0.472. The molecule has 0 saturated carbocycles. The van der Waals surface area contributed by atoms with E-state index >= 15 is 0 Å². The molecule has 0 bridgehead atoms. The predicted molar refractivity (Wildman–Crippen MR) is 47.0 cm³/mol. The van der Waals surface area contributed by atoms with Gasteiger partial charge in [0, 0.05) is 0 Å². The molecule has 1 atom stereocenters. The van der Waals surface area contributed by atoms with Gasteiger partial charge in [-0.1, -0.05) is 26.0 Å². The Bertz CT molecular complexity index is 143. The minimum Gasteiger partial charge on any atom is -0.438 e. The molecule has 70 valence electrons. The van der Waals surface area contributed by atoms with Crippen molar-refractivity contribution in [1.82, 2.24) is 0 Å². The van der Waals surface area contributed by atoms with Gasteiger partial charge in [0.1, 0.15) is 6.10 Å². The summed E-state index contributed by atoms with van der Waals surface area (Å²) in [6, 6.07) is 0. The highest BCUT2D eigenvalue weighted by Crippen LogP contribution is 2.06. The average Bonchev–Trinajstić information content (AvgIpc) is 2.11. The summed E-state index contributed by atoms with van der Waals surface area (Å²) >= 11 is 0. The molecule has 0 aromatic carbocycles. The first-order valence-electron chi connectivity index (χ1n) is 4.11. The summed E-state index contributed by atoms with van der Waals surface area (Å²) in [5, 5.41) is 0. The summed E-state index contributed by atoms with van der Waals surface area (Å²) < 4.78 is 9.23. The Kier molecular flexibility index (Phi) is 6.15. The third-order valence-electron chi connectivity index (χ3n) is 1.52. The Hall–Kier alpha value is -0.990. The standard InChI is InChI=1S/C9H16O3/c1-4-6-7-8(5-2)12-9(10)11-3/h5,8H,2,4,6-7H2,1,3H3/t8-/m1/s1. The normalized spacial score (nSPS) is 11.8. The summed E-state index contributed by atoms with van der Waals surface area (Å²) in [5.74, 6) is 0. The number of hydrogen-bond donors (Lipinski definition) is 0. The predicted octanol–water partition coefficient (Wildman–Crippen LogP) is 2.51. The van der Waals surface area contributed by atoms with Crippen molar-refractivity contribution in [2.45, 2.75) is 32.3 Å². The van der Waals surface area contributed by atoms with Crippen molar-refractivity contribution in [2.75, 3.05) is 7.11 Å². The molecule has 0 saturated heterocycles. The highest BCUT2D eigenvalue weighted by molar-refractivity contribution is 5.60. The van der Waals surface area contributed by atoms with Gasteiger partial charge in [-0.3, -0.25) is 0 Å². The second-order valence-electron chi connectivity index (χ2n) is 2.49. The molecule has 0 aliphatic carbocycles. The number of hydrogen-bond acceptors (Lipinski definition) is 3. The SMILES string of the molecule is C=C[C@H](CCCC)OC(=O)OC. The van der Waals surface area contributed by atoms with Crippen molar-refractivity contribution in [3.63, 3.8) is 0 Å². The Labute approximate surface area is 73.4 Å². The van der Waals surface area contributed by atoms with Crippen LogP contribution in [0, 0.1) is 0 Å². The van der Waals surface area contributed by atoms with Gasteiger partial charge in [-0.2, -0.15) is 0 Å². The van der Waals surface area contributed by atoms with Crippen LogP contribution >= 0.6 is 0 Å². The first-order valence-corrected chi connectivity index (χ1v) is 4.11. The third-order valence-corrected chi connectivity index (χ3v) is 1.52. The lowest BCUT2D eigenvalue weighted by Gasteiger charge is -2.11. The van der Waals surface area contributed by atoms with Gasteiger partial charge in [0.25, 0.3) is 0 Å². The summed E-state index contributed by atoms with van der Waals surface area (Å²) in [5.41, 5.74) is 0. The number of carbonyl (C=O) groups excluding carboxylic acids is 1. The smallest absolute Gasteiger partial charge is 0.438 e. The van der Waals surface area contributed by atoms with E-state index in [1.807, 2.05) is 0 Å². The van der Waals surface area contributed by atoms with Crippen molar-refractivity contribution in [3.8, 4) is 0 Å². The van der Waals surface area contributed by atoms with Crippen LogP contribution < -0.4 is 0 Å². The monoisotopic (exact) mass is 172 g/mol. The lowest BCUT2D eigenvalue weighted by atomic mass is 10.1. The molecule has 0 fully saturated rings. The molecule has 0 aromatic heterocycles. The number of rotatable bonds is 5. The van der Waals surface area contributed by atoms with E-state index in [4.69, 9.17) is 4.74 Å². The van der Waals surface area contributed by atoms with Crippen molar-refractivity contribution in [2.24, 2.45) is 0 Å². The average molecular weight is 172 g/mol. The topological polar surface area (TPSA) is 35.5 Å². The number of carbonyl (C=O) groups is 1. The van der Waals surface area contributed by atoms with E-state index in [1.54, 1.807) is 6.08 Å². The summed E-state index contributed by atoms with van der Waals surface area (Å²) in [7, 11) is 1.29. The summed E-state index contributed by atoms with van der Waals surface area (Å²) in [6.45, 7) is 5.65. The lowest BCUT2D eigenvalue weighted by Crippen LogP contribution is -2.15. The highest BCUT2D eigenvalue weighted by atomic mass is 16.7. The molecule has 0 radical (unpaired) electrons. The van der Waals surface area contributed by atoms with Crippen molar-refractivity contribution in [3.05, 3.63) is 12.7 Å². The fourth-order valence-electron chi connectivity index (χ4n) is 0.802. The second-order valence-corrected chi connectivity index (χ2v) is 2.49. The molecule has 3 heteroatoms. The third kappa shape index (κ3) is 4.77. The maximum absolute atomic E-state index is 10.7. The molecule has 0 aliphatic rings. The summed E-state index contributed by atoms with van der Waals surface area (Å²) in [6.07, 6.45) is 3.68. The number of unbranched alkanes of at least 4 members (excludes halogenated alkanes) is 1. The maximum Gasteiger partial charge on any atom is 0.508 e. The Morgan fingerprint density at radius 3 is 2.75 bits per heavy atom. The van der Waals surface area contributed by atoms with E-state index in [0.717, 1.165) is 19.3 Å². The maximum atomic E-state index is 10.7. The molecule has 12 heavy (non-hydrogen) atoms. The zero-order valence-corrected chi connectivity index (χ0v) is 7.71. The Balaban J connectivity index is 3.66. The minimum atomic E-state index is -0.643. The van der Waals surface area contributed by atoms with Crippen LogP contribution in [-0.2, 0) is 9.47 Å². The van der Waals surface area contributed by atoms with E-state index in [9.17, 15) is 4.79 Å². The largest absolute Gasteiger partial charge is 0.508 e. The number of methoxy groups -OCH3 is 1. The summed E-state index contributed by atoms with van der Waals surface area (Å²) in [4.78, 5) is 10.7. The molecular weight excluding hydrogens is 156 g/mol. The molecule has 0 heterocycles. The van der Waals surface area contributed by atoms with Gasteiger partial charge in [-0.05, 0) is 12.8 Å². The molecule has 3 nitrogen and oxygen atoms in total. The van der Waals surface area contributed by atoms with Crippen molar-refractivity contribution >= 4 is 6.16 Å². The van der Waals surface area contributed by atoms with Gasteiger partial charge < -0.3 is 9.47 Å². The van der Waals surface area contributed by atoms with Crippen LogP contribution in [0.5, 0.6) is 0 Å². The van der Waals surface area contributed by atoms with Crippen LogP contribution in [-0.4, -0.2) is 19.4 Å². The molecule has 0 amide bonds. The zero-order chi connectivity index (χ0) is 9.40. The molecule has 0 N–H and O–H groups in total. The first-order chi connectivity index (χ1) is 5.74. The van der Waals surface area contributed by atoms with E-state index in [-0.39, 0.29) is 6.10 Å². The fraction of sp³-hybridized carbons (Fsp3) is 0.667. The Morgan fingerprint density at radius 1 is 1.67 bits per heavy atom. The Morgan fingerprint density at radius 2 is 2.33 bits per heavy atom. The number of ether oxygens (including phenoxy) is 2. The molecule has 0 aliphatic heterocycles. The van der Waals surface area contributed by atoms with Gasteiger partial charge in [-0.25, -0.2) is 4.79 Å². The van der Waals surface area contributed by atoms with Gasteiger partial charge in [0.05, 0.1) is 7.11 Å². The van der Waals surface area contributed by atoms with Crippen molar-refractivity contribution in [1.29, 1.82) is 0 Å². The van der Waals surface area contributed by atoms with E-state index < -0.39 is 6.16 Å². The fourth-order valence-corrected chi connectivity index (χ4v) is 0.802. The van der Waals surface area contributed by atoms with E-state index in [0.29, 0.717) is 0 Å². The molecule has 0 spiro atoms. The van der Waals surface area contributed by atoms with Crippen LogP contribution in [0.4, 0.5) is 4.79 Å². The zero-order valence-electron chi connectivity index (χ0n) is 7.71. The van der Waals surface area contributed by atoms with Gasteiger partial charge in [0.2, 0.25) is 0 Å². The van der Waals surface area contributed by atoms with Gasteiger partial charge in [0.15, 0.2) is 0 Å².